The predicted octanol–water partition coefficient (Wildman–Crippen LogP) is 3.01. The van der Waals surface area contributed by atoms with Crippen molar-refractivity contribution < 1.29 is 0 Å². The average Bonchev–Trinajstić information content (AvgIpc) is 2.30. The number of aromatic amines is 1. The van der Waals surface area contributed by atoms with Gasteiger partial charge in [-0.1, -0.05) is 30.5 Å². The van der Waals surface area contributed by atoms with Gasteiger partial charge in [-0.15, -0.1) is 0 Å². The molecule has 1 N–H and O–H groups in total. The van der Waals surface area contributed by atoms with Gasteiger partial charge in [0.1, 0.15) is 0 Å². The van der Waals surface area contributed by atoms with Gasteiger partial charge in [0.25, 0.3) is 5.56 Å². The summed E-state index contributed by atoms with van der Waals surface area (Å²) in [6.07, 6.45) is 3.17. The Kier molecular flexibility index (Phi) is 3.60. The summed E-state index contributed by atoms with van der Waals surface area (Å²) in [4.78, 5) is 18.9. The molecule has 0 saturated carbocycles. The molecule has 1 aromatic heterocycles. The van der Waals surface area contributed by atoms with Crippen LogP contribution in [-0.4, -0.2) is 9.97 Å². The number of aryl methyl sites for hydroxylation is 2. The van der Waals surface area contributed by atoms with Crippen molar-refractivity contribution >= 4 is 0 Å². The van der Waals surface area contributed by atoms with E-state index in [1.165, 1.54) is 17.5 Å². The Balaban J connectivity index is 2.63. The molecule has 0 aliphatic heterocycles. The molecule has 0 fully saturated rings. The Morgan fingerprint density at radius 1 is 1.17 bits per heavy atom. The number of aromatic nitrogens is 2. The fourth-order valence-corrected chi connectivity index (χ4v) is 2.27. The maximum atomic E-state index is 11.9. The summed E-state index contributed by atoms with van der Waals surface area (Å²) in [6.45, 7) is 6.18. The molecule has 0 saturated heterocycles. The minimum atomic E-state index is -0.0268. The zero-order chi connectivity index (χ0) is 13.1. The Morgan fingerprint density at radius 2 is 1.83 bits per heavy atom. The molecule has 0 aliphatic rings. The molecular formula is C15H18N2O. The summed E-state index contributed by atoms with van der Waals surface area (Å²) >= 11 is 0. The van der Waals surface area contributed by atoms with E-state index < -0.39 is 0 Å². The van der Waals surface area contributed by atoms with Crippen LogP contribution in [0.1, 0.15) is 30.0 Å². The third kappa shape index (κ3) is 2.50. The molecule has 18 heavy (non-hydrogen) atoms. The topological polar surface area (TPSA) is 45.8 Å². The second kappa shape index (κ2) is 5.17. The number of rotatable bonds is 3. The van der Waals surface area contributed by atoms with Gasteiger partial charge in [0.2, 0.25) is 0 Å². The molecule has 0 unspecified atom stereocenters. The summed E-state index contributed by atoms with van der Waals surface area (Å²) in [5.41, 5.74) is 4.98. The first-order valence-electron chi connectivity index (χ1n) is 6.27. The maximum absolute atomic E-state index is 11.9. The molecule has 2 aromatic rings. The summed E-state index contributed by atoms with van der Waals surface area (Å²) in [6, 6.07) is 6.28. The minimum Gasteiger partial charge on any atom is -0.313 e. The fourth-order valence-electron chi connectivity index (χ4n) is 2.27. The molecule has 0 spiro atoms. The number of hydrogen-bond donors (Lipinski definition) is 1. The van der Waals surface area contributed by atoms with Crippen molar-refractivity contribution in [1.29, 1.82) is 0 Å². The standard InChI is InChI=1S/C15H18N2O/c1-4-5-13-14(16-9-17-15(13)18)12-7-10(2)6-11(3)8-12/h6-9H,4-5H2,1-3H3,(H,16,17,18). The Labute approximate surface area is 107 Å². The van der Waals surface area contributed by atoms with Gasteiger partial charge in [-0.3, -0.25) is 4.79 Å². The lowest BCUT2D eigenvalue weighted by molar-refractivity contribution is 0.888. The summed E-state index contributed by atoms with van der Waals surface area (Å²) < 4.78 is 0. The molecule has 1 aromatic carbocycles. The number of hydrogen-bond acceptors (Lipinski definition) is 2. The molecule has 94 valence electrons. The van der Waals surface area contributed by atoms with Crippen molar-refractivity contribution in [2.24, 2.45) is 0 Å². The Hall–Kier alpha value is -1.90. The van der Waals surface area contributed by atoms with Gasteiger partial charge < -0.3 is 4.98 Å². The van der Waals surface area contributed by atoms with Crippen LogP contribution in [0, 0.1) is 13.8 Å². The van der Waals surface area contributed by atoms with E-state index in [-0.39, 0.29) is 5.56 Å². The second-order valence-electron chi connectivity index (χ2n) is 4.69. The Morgan fingerprint density at radius 3 is 2.44 bits per heavy atom. The monoisotopic (exact) mass is 242 g/mol. The van der Waals surface area contributed by atoms with Gasteiger partial charge in [-0.2, -0.15) is 0 Å². The van der Waals surface area contributed by atoms with E-state index >= 15 is 0 Å². The first kappa shape index (κ1) is 12.6. The quantitative estimate of drug-likeness (QED) is 0.899. The van der Waals surface area contributed by atoms with E-state index in [0.29, 0.717) is 0 Å². The van der Waals surface area contributed by atoms with E-state index in [4.69, 9.17) is 0 Å². The third-order valence-corrected chi connectivity index (χ3v) is 2.94. The van der Waals surface area contributed by atoms with Crippen LogP contribution in [0.25, 0.3) is 11.3 Å². The highest BCUT2D eigenvalue weighted by atomic mass is 16.1. The fraction of sp³-hybridized carbons (Fsp3) is 0.333. The van der Waals surface area contributed by atoms with Crippen LogP contribution < -0.4 is 5.56 Å². The predicted molar refractivity (Wildman–Crippen MR) is 73.8 cm³/mol. The van der Waals surface area contributed by atoms with Crippen molar-refractivity contribution in [3.05, 3.63) is 51.6 Å². The van der Waals surface area contributed by atoms with Crippen LogP contribution >= 0.6 is 0 Å². The highest BCUT2D eigenvalue weighted by Gasteiger charge is 2.10. The SMILES string of the molecule is CCCc1c(-c2cc(C)cc(C)c2)nc[nH]c1=O. The lowest BCUT2D eigenvalue weighted by Gasteiger charge is -2.08. The summed E-state index contributed by atoms with van der Waals surface area (Å²) in [7, 11) is 0. The first-order chi connectivity index (χ1) is 8.61. The van der Waals surface area contributed by atoms with Crippen LogP contribution in [0.3, 0.4) is 0 Å². The maximum Gasteiger partial charge on any atom is 0.254 e. The molecule has 0 bridgehead atoms. The van der Waals surface area contributed by atoms with E-state index in [2.05, 4.69) is 48.9 Å². The lowest BCUT2D eigenvalue weighted by atomic mass is 10.00. The van der Waals surface area contributed by atoms with E-state index in [9.17, 15) is 4.79 Å². The van der Waals surface area contributed by atoms with E-state index in [0.717, 1.165) is 29.7 Å². The molecule has 0 amide bonds. The lowest BCUT2D eigenvalue weighted by Crippen LogP contribution is -2.14. The number of benzene rings is 1. The Bertz CT molecular complexity index is 594. The van der Waals surface area contributed by atoms with Crippen molar-refractivity contribution in [3.8, 4) is 11.3 Å². The van der Waals surface area contributed by atoms with E-state index in [1.54, 1.807) is 0 Å². The molecular weight excluding hydrogens is 224 g/mol. The van der Waals surface area contributed by atoms with Gasteiger partial charge in [0, 0.05) is 11.1 Å². The van der Waals surface area contributed by atoms with Crippen LogP contribution in [0.15, 0.2) is 29.3 Å². The zero-order valence-corrected chi connectivity index (χ0v) is 11.1. The smallest absolute Gasteiger partial charge is 0.254 e. The first-order valence-corrected chi connectivity index (χ1v) is 6.27. The minimum absolute atomic E-state index is 0.0268. The molecule has 0 atom stereocenters. The van der Waals surface area contributed by atoms with Gasteiger partial charge in [0.15, 0.2) is 0 Å². The second-order valence-corrected chi connectivity index (χ2v) is 4.69. The number of nitrogens with zero attached hydrogens (tertiary/aromatic N) is 1. The molecule has 1 heterocycles. The van der Waals surface area contributed by atoms with Crippen LogP contribution in [-0.2, 0) is 6.42 Å². The average molecular weight is 242 g/mol. The van der Waals surface area contributed by atoms with Crippen molar-refractivity contribution in [2.75, 3.05) is 0 Å². The van der Waals surface area contributed by atoms with Crippen LogP contribution in [0.4, 0.5) is 0 Å². The van der Waals surface area contributed by atoms with Gasteiger partial charge in [-0.25, -0.2) is 4.98 Å². The summed E-state index contributed by atoms with van der Waals surface area (Å²) in [5, 5.41) is 0. The normalized spacial score (nSPS) is 10.6. The van der Waals surface area contributed by atoms with Crippen LogP contribution in [0.5, 0.6) is 0 Å². The molecule has 2 rings (SSSR count). The molecule has 3 nitrogen and oxygen atoms in total. The van der Waals surface area contributed by atoms with Crippen LogP contribution in [0.2, 0.25) is 0 Å². The summed E-state index contributed by atoms with van der Waals surface area (Å²) in [5.74, 6) is 0. The van der Waals surface area contributed by atoms with Crippen molar-refractivity contribution in [3.63, 3.8) is 0 Å². The number of nitrogens with one attached hydrogen (secondary N) is 1. The highest BCUT2D eigenvalue weighted by Crippen LogP contribution is 2.22. The molecule has 0 radical (unpaired) electrons. The van der Waals surface area contributed by atoms with Crippen molar-refractivity contribution in [2.45, 2.75) is 33.6 Å². The van der Waals surface area contributed by atoms with Crippen molar-refractivity contribution in [1.82, 2.24) is 9.97 Å². The number of H-pyrrole nitrogens is 1. The van der Waals surface area contributed by atoms with Gasteiger partial charge >= 0.3 is 0 Å². The largest absolute Gasteiger partial charge is 0.313 e. The van der Waals surface area contributed by atoms with Gasteiger partial charge in [0.05, 0.1) is 12.0 Å². The third-order valence-electron chi connectivity index (χ3n) is 2.94. The van der Waals surface area contributed by atoms with Gasteiger partial charge in [-0.05, 0) is 32.4 Å². The molecule has 0 aliphatic carbocycles. The highest BCUT2D eigenvalue weighted by molar-refractivity contribution is 5.64. The van der Waals surface area contributed by atoms with E-state index in [1.807, 2.05) is 0 Å². The zero-order valence-electron chi connectivity index (χ0n) is 11.1. The molecule has 3 heteroatoms.